The second kappa shape index (κ2) is 8.30. The van der Waals surface area contributed by atoms with Crippen molar-refractivity contribution in [3.05, 3.63) is 71.8 Å². The molecule has 2 amide bonds. The zero-order chi connectivity index (χ0) is 26.9. The zero-order valence-electron chi connectivity index (χ0n) is 20.4. The van der Waals surface area contributed by atoms with Gasteiger partial charge in [0, 0.05) is 17.2 Å². The van der Waals surface area contributed by atoms with Gasteiger partial charge in [0.1, 0.15) is 5.75 Å². The quantitative estimate of drug-likeness (QED) is 0.408. The van der Waals surface area contributed by atoms with E-state index in [4.69, 9.17) is 9.47 Å². The minimum Gasteiger partial charge on any atom is -0.493 e. The SMILES string of the molecule is C[C@@]12CC[C@@](CCOc3ccc(C(F)(F)F)cc3)(O1)[C@H]1C(=O)N(c3ccc(C#N)c4ccccc34)C(=O)[C@H]12. The van der Waals surface area contributed by atoms with Crippen LogP contribution >= 0.6 is 0 Å². The molecule has 0 aromatic heterocycles. The number of carbonyl (C=O) groups is 2. The number of benzene rings is 3. The molecule has 0 unspecified atom stereocenters. The number of fused-ring (bicyclic) bond motifs is 6. The summed E-state index contributed by atoms with van der Waals surface area (Å²) < 4.78 is 50.7. The topological polar surface area (TPSA) is 79.6 Å². The number of imide groups is 1. The monoisotopic (exact) mass is 520 g/mol. The van der Waals surface area contributed by atoms with Crippen molar-refractivity contribution in [3.63, 3.8) is 0 Å². The first kappa shape index (κ1) is 24.4. The van der Waals surface area contributed by atoms with Crippen molar-refractivity contribution in [2.24, 2.45) is 11.8 Å². The van der Waals surface area contributed by atoms with Crippen molar-refractivity contribution < 1.29 is 32.2 Å². The highest BCUT2D eigenvalue weighted by atomic mass is 19.4. The maximum absolute atomic E-state index is 13.9. The summed E-state index contributed by atoms with van der Waals surface area (Å²) >= 11 is 0. The number of hydrogen-bond donors (Lipinski definition) is 0. The van der Waals surface area contributed by atoms with Gasteiger partial charge in [-0.1, -0.05) is 24.3 Å². The number of amides is 2. The highest BCUT2D eigenvalue weighted by Gasteiger charge is 2.73. The summed E-state index contributed by atoms with van der Waals surface area (Å²) in [6.07, 6.45) is -2.94. The number of alkyl halides is 3. The molecule has 0 aliphatic carbocycles. The second-order valence-corrected chi connectivity index (χ2v) is 10.4. The molecule has 0 spiro atoms. The lowest BCUT2D eigenvalue weighted by atomic mass is 9.67. The van der Waals surface area contributed by atoms with Crippen LogP contribution in [-0.2, 0) is 20.5 Å². The number of anilines is 1. The van der Waals surface area contributed by atoms with E-state index in [2.05, 4.69) is 6.07 Å². The Morgan fingerprint density at radius 1 is 1.00 bits per heavy atom. The Balaban J connectivity index is 1.28. The molecule has 4 atom stereocenters. The van der Waals surface area contributed by atoms with E-state index in [1.807, 2.05) is 6.92 Å². The van der Waals surface area contributed by atoms with Gasteiger partial charge < -0.3 is 9.47 Å². The highest BCUT2D eigenvalue weighted by Crippen LogP contribution is 2.62. The molecule has 6 rings (SSSR count). The first-order chi connectivity index (χ1) is 18.1. The fourth-order valence-corrected chi connectivity index (χ4v) is 6.51. The lowest BCUT2D eigenvalue weighted by Gasteiger charge is -2.31. The smallest absolute Gasteiger partial charge is 0.416 e. The van der Waals surface area contributed by atoms with Gasteiger partial charge in [-0.25, -0.2) is 4.90 Å². The predicted molar refractivity (Wildman–Crippen MR) is 131 cm³/mol. The molecule has 3 heterocycles. The Labute approximate surface area is 216 Å². The Hall–Kier alpha value is -3.90. The van der Waals surface area contributed by atoms with Crippen molar-refractivity contribution in [2.75, 3.05) is 11.5 Å². The summed E-state index contributed by atoms with van der Waals surface area (Å²) in [7, 11) is 0. The van der Waals surface area contributed by atoms with Crippen LogP contribution in [0.3, 0.4) is 0 Å². The van der Waals surface area contributed by atoms with Gasteiger partial charge in [0.25, 0.3) is 0 Å². The van der Waals surface area contributed by atoms with Crippen LogP contribution in [0, 0.1) is 23.2 Å². The van der Waals surface area contributed by atoms with E-state index < -0.39 is 34.8 Å². The van der Waals surface area contributed by atoms with Crippen molar-refractivity contribution >= 4 is 28.3 Å². The van der Waals surface area contributed by atoms with E-state index in [9.17, 15) is 28.0 Å². The molecule has 0 radical (unpaired) electrons. The molecular formula is C29H23F3N2O4. The fraction of sp³-hybridized carbons (Fsp3) is 0.345. The number of ether oxygens (including phenoxy) is 2. The molecule has 9 heteroatoms. The van der Waals surface area contributed by atoms with Gasteiger partial charge in [0.05, 0.1) is 52.5 Å². The minimum atomic E-state index is -4.43. The molecule has 0 saturated carbocycles. The van der Waals surface area contributed by atoms with E-state index in [0.717, 1.165) is 12.1 Å². The molecule has 38 heavy (non-hydrogen) atoms. The number of nitriles is 1. The van der Waals surface area contributed by atoms with Crippen LogP contribution in [0.4, 0.5) is 18.9 Å². The van der Waals surface area contributed by atoms with Gasteiger partial charge in [-0.05, 0) is 56.2 Å². The van der Waals surface area contributed by atoms with Gasteiger partial charge in [0.2, 0.25) is 11.8 Å². The molecule has 3 aliphatic heterocycles. The molecule has 2 bridgehead atoms. The van der Waals surface area contributed by atoms with Crippen molar-refractivity contribution in [1.82, 2.24) is 0 Å². The fourth-order valence-electron chi connectivity index (χ4n) is 6.51. The first-order valence-electron chi connectivity index (χ1n) is 12.4. The maximum Gasteiger partial charge on any atom is 0.416 e. The molecular weight excluding hydrogens is 497 g/mol. The summed E-state index contributed by atoms with van der Waals surface area (Å²) in [4.78, 5) is 28.9. The maximum atomic E-state index is 13.9. The van der Waals surface area contributed by atoms with Gasteiger partial charge in [0.15, 0.2) is 0 Å². The van der Waals surface area contributed by atoms with Crippen LogP contribution in [0.1, 0.15) is 37.3 Å². The van der Waals surface area contributed by atoms with E-state index in [0.29, 0.717) is 41.3 Å². The van der Waals surface area contributed by atoms with Crippen LogP contribution in [-0.4, -0.2) is 29.6 Å². The normalized spacial score (nSPS) is 28.1. The lowest BCUT2D eigenvalue weighted by Crippen LogP contribution is -2.43. The molecule has 6 nitrogen and oxygen atoms in total. The molecule has 3 aromatic rings. The average Bonchev–Trinajstić information content (AvgIpc) is 3.47. The molecule has 3 saturated heterocycles. The number of carbonyl (C=O) groups excluding carboxylic acids is 2. The van der Waals surface area contributed by atoms with Gasteiger partial charge in [-0.15, -0.1) is 0 Å². The van der Waals surface area contributed by atoms with Crippen LogP contribution in [0.2, 0.25) is 0 Å². The largest absolute Gasteiger partial charge is 0.493 e. The van der Waals surface area contributed by atoms with E-state index in [1.54, 1.807) is 36.4 Å². The Bertz CT molecular complexity index is 1510. The summed E-state index contributed by atoms with van der Waals surface area (Å²) in [6, 6.07) is 17.0. The zero-order valence-corrected chi connectivity index (χ0v) is 20.4. The lowest BCUT2D eigenvalue weighted by molar-refractivity contribution is -0.137. The average molecular weight is 521 g/mol. The minimum absolute atomic E-state index is 0.117. The van der Waals surface area contributed by atoms with Crippen molar-refractivity contribution in [2.45, 2.75) is 43.6 Å². The van der Waals surface area contributed by atoms with Gasteiger partial charge in [-0.2, -0.15) is 18.4 Å². The number of nitrogens with zero attached hydrogens (tertiary/aromatic N) is 2. The number of hydrogen-bond acceptors (Lipinski definition) is 5. The third-order valence-corrected chi connectivity index (χ3v) is 8.25. The second-order valence-electron chi connectivity index (χ2n) is 10.4. The third kappa shape index (κ3) is 3.51. The third-order valence-electron chi connectivity index (χ3n) is 8.25. The number of rotatable bonds is 5. The van der Waals surface area contributed by atoms with Gasteiger partial charge in [-0.3, -0.25) is 9.59 Å². The molecule has 3 aliphatic rings. The van der Waals surface area contributed by atoms with Gasteiger partial charge >= 0.3 is 6.18 Å². The van der Waals surface area contributed by atoms with Crippen LogP contribution in [0.25, 0.3) is 10.8 Å². The summed E-state index contributed by atoms with van der Waals surface area (Å²) in [5.41, 5.74) is -1.57. The molecule has 3 fully saturated rings. The number of halogens is 3. The van der Waals surface area contributed by atoms with E-state index in [-0.39, 0.29) is 24.2 Å². The standard InChI is InChI=1S/C29H23F3N2O4/c1-27-12-13-28(38-27,14-15-37-19-9-7-18(8-10-19)29(30,31)32)24-23(27)25(35)34(26(24)36)22-11-6-17(16-33)20-4-2-3-5-21(20)22/h2-11,23-24H,12-15H2,1H3/t23-,24+,27-,28-/m0/s1. The van der Waals surface area contributed by atoms with Crippen LogP contribution in [0.15, 0.2) is 60.7 Å². The molecule has 3 aromatic carbocycles. The van der Waals surface area contributed by atoms with Crippen molar-refractivity contribution in [3.8, 4) is 11.8 Å². The predicted octanol–water partition coefficient (Wildman–Crippen LogP) is 5.63. The summed E-state index contributed by atoms with van der Waals surface area (Å²) in [5.74, 6) is -1.72. The van der Waals surface area contributed by atoms with E-state index in [1.165, 1.54) is 17.0 Å². The first-order valence-corrected chi connectivity index (χ1v) is 12.4. The Morgan fingerprint density at radius 3 is 2.37 bits per heavy atom. The van der Waals surface area contributed by atoms with Crippen LogP contribution in [0.5, 0.6) is 5.75 Å². The Kier molecular flexibility index (Phi) is 5.34. The summed E-state index contributed by atoms with van der Waals surface area (Å²) in [6.45, 7) is 1.98. The molecule has 0 N–H and O–H groups in total. The highest BCUT2D eigenvalue weighted by molar-refractivity contribution is 6.26. The van der Waals surface area contributed by atoms with Crippen molar-refractivity contribution in [1.29, 1.82) is 5.26 Å². The van der Waals surface area contributed by atoms with E-state index >= 15 is 0 Å². The molecule has 194 valence electrons. The summed E-state index contributed by atoms with van der Waals surface area (Å²) in [5, 5.41) is 10.8. The van der Waals surface area contributed by atoms with Crippen LogP contribution < -0.4 is 9.64 Å². The Morgan fingerprint density at radius 2 is 1.68 bits per heavy atom.